The molecule has 0 saturated heterocycles. The molecule has 0 aliphatic rings. The van der Waals surface area contributed by atoms with E-state index >= 15 is 0 Å². The minimum absolute atomic E-state index is 0.214. The van der Waals surface area contributed by atoms with E-state index in [0.29, 0.717) is 10.2 Å². The largest absolute Gasteiger partial charge is 0.425 e. The number of hydrogen-bond donors (Lipinski definition) is 1. The van der Waals surface area contributed by atoms with Gasteiger partial charge in [0, 0.05) is 24.3 Å². The Labute approximate surface area is 135 Å². The van der Waals surface area contributed by atoms with Gasteiger partial charge < -0.3 is 10.0 Å². The molecule has 22 heavy (non-hydrogen) atoms. The lowest BCUT2D eigenvalue weighted by atomic mass is 9.85. The highest BCUT2D eigenvalue weighted by atomic mass is 79.9. The van der Waals surface area contributed by atoms with Crippen LogP contribution in [-0.2, 0) is 5.60 Å². The summed E-state index contributed by atoms with van der Waals surface area (Å²) in [6, 6.07) is 11.3. The van der Waals surface area contributed by atoms with Crippen molar-refractivity contribution in [3.05, 3.63) is 64.1 Å². The molecular weight excluding hydrogens is 359 g/mol. The Balaban J connectivity index is 2.65. The Kier molecular flexibility index (Phi) is 4.54. The number of hydrogen-bond acceptors (Lipinski definition) is 2. The molecule has 0 aliphatic heterocycles. The molecule has 2 nitrogen and oxygen atoms in total. The second-order valence-electron chi connectivity index (χ2n) is 5.16. The van der Waals surface area contributed by atoms with Gasteiger partial charge in [-0.3, -0.25) is 0 Å². The number of halogens is 4. The van der Waals surface area contributed by atoms with Crippen molar-refractivity contribution in [1.82, 2.24) is 0 Å². The van der Waals surface area contributed by atoms with Crippen molar-refractivity contribution in [2.24, 2.45) is 0 Å². The number of rotatable bonds is 3. The van der Waals surface area contributed by atoms with Gasteiger partial charge in [0.25, 0.3) is 0 Å². The van der Waals surface area contributed by atoms with Crippen LogP contribution in [0.5, 0.6) is 0 Å². The van der Waals surface area contributed by atoms with Gasteiger partial charge in [0.05, 0.1) is 0 Å². The molecule has 6 heteroatoms. The quantitative estimate of drug-likeness (QED) is 0.866. The predicted octanol–water partition coefficient (Wildman–Crippen LogP) is 4.31. The van der Waals surface area contributed by atoms with E-state index in [2.05, 4.69) is 15.9 Å². The molecule has 0 fully saturated rings. The molecule has 2 aromatic carbocycles. The summed E-state index contributed by atoms with van der Waals surface area (Å²) in [5.41, 5.74) is -2.91. The van der Waals surface area contributed by atoms with E-state index in [1.54, 1.807) is 25.1 Å². The molecule has 0 amide bonds. The Morgan fingerprint density at radius 2 is 1.55 bits per heavy atom. The first-order valence-corrected chi connectivity index (χ1v) is 7.28. The summed E-state index contributed by atoms with van der Waals surface area (Å²) in [5.74, 6) is 0. The van der Waals surface area contributed by atoms with Crippen molar-refractivity contribution < 1.29 is 18.3 Å². The van der Waals surface area contributed by atoms with Crippen LogP contribution in [0.3, 0.4) is 0 Å². The van der Waals surface area contributed by atoms with E-state index in [-0.39, 0.29) is 11.1 Å². The van der Waals surface area contributed by atoms with Gasteiger partial charge in [0.1, 0.15) is 0 Å². The van der Waals surface area contributed by atoms with E-state index in [1.807, 2.05) is 0 Å². The Morgan fingerprint density at radius 1 is 0.955 bits per heavy atom. The maximum Gasteiger partial charge on any atom is 0.425 e. The van der Waals surface area contributed by atoms with E-state index < -0.39 is 11.8 Å². The molecule has 0 aliphatic carbocycles. The highest BCUT2D eigenvalue weighted by molar-refractivity contribution is 9.10. The number of aliphatic hydroxyl groups is 1. The highest BCUT2D eigenvalue weighted by Crippen LogP contribution is 2.45. The standard InChI is InChI=1S/C16H15BrF3NO/c1-21(2)14-5-3-4-12(10-14)15(22,16(18,19)20)11-6-8-13(17)9-7-11/h3-10,22H,1-2H3. The summed E-state index contributed by atoms with van der Waals surface area (Å²) in [6.07, 6.45) is -4.84. The molecule has 2 aromatic rings. The van der Waals surface area contributed by atoms with Gasteiger partial charge in [-0.1, -0.05) is 40.2 Å². The first-order valence-electron chi connectivity index (χ1n) is 6.49. The number of benzene rings is 2. The molecule has 1 unspecified atom stereocenters. The zero-order valence-electron chi connectivity index (χ0n) is 12.0. The average molecular weight is 374 g/mol. The maximum absolute atomic E-state index is 13.6. The van der Waals surface area contributed by atoms with Crippen molar-refractivity contribution in [2.45, 2.75) is 11.8 Å². The second kappa shape index (κ2) is 5.93. The van der Waals surface area contributed by atoms with Crippen molar-refractivity contribution in [3.8, 4) is 0 Å². The zero-order chi connectivity index (χ0) is 16.5. The van der Waals surface area contributed by atoms with Crippen LogP contribution in [0.25, 0.3) is 0 Å². The van der Waals surface area contributed by atoms with Crippen LogP contribution in [0.2, 0.25) is 0 Å². The average Bonchev–Trinajstić information content (AvgIpc) is 2.46. The Bertz CT molecular complexity index is 655. The molecular formula is C16H15BrF3NO. The van der Waals surface area contributed by atoms with Crippen LogP contribution in [0, 0.1) is 0 Å². The van der Waals surface area contributed by atoms with Crippen molar-refractivity contribution in [2.75, 3.05) is 19.0 Å². The minimum atomic E-state index is -4.84. The summed E-state index contributed by atoms with van der Waals surface area (Å²) in [7, 11) is 3.46. The zero-order valence-corrected chi connectivity index (χ0v) is 13.6. The summed E-state index contributed by atoms with van der Waals surface area (Å²) in [4.78, 5) is 1.68. The number of alkyl halides is 3. The van der Waals surface area contributed by atoms with Gasteiger partial charge in [0.15, 0.2) is 0 Å². The fourth-order valence-corrected chi connectivity index (χ4v) is 2.46. The highest BCUT2D eigenvalue weighted by Gasteiger charge is 2.56. The van der Waals surface area contributed by atoms with Crippen molar-refractivity contribution >= 4 is 21.6 Å². The van der Waals surface area contributed by atoms with E-state index in [9.17, 15) is 18.3 Å². The molecule has 0 heterocycles. The third kappa shape index (κ3) is 2.98. The second-order valence-corrected chi connectivity index (χ2v) is 6.08. The maximum atomic E-state index is 13.6. The van der Waals surface area contributed by atoms with Crippen LogP contribution < -0.4 is 4.90 Å². The van der Waals surface area contributed by atoms with Gasteiger partial charge in [-0.25, -0.2) is 0 Å². The van der Waals surface area contributed by atoms with Crippen molar-refractivity contribution in [1.29, 1.82) is 0 Å². The van der Waals surface area contributed by atoms with Crippen LogP contribution in [0.1, 0.15) is 11.1 Å². The summed E-state index contributed by atoms with van der Waals surface area (Å²) >= 11 is 3.18. The smallest absolute Gasteiger partial charge is 0.378 e. The third-order valence-electron chi connectivity index (χ3n) is 3.45. The van der Waals surface area contributed by atoms with Crippen molar-refractivity contribution in [3.63, 3.8) is 0 Å². The van der Waals surface area contributed by atoms with Crippen LogP contribution >= 0.6 is 15.9 Å². The lowest BCUT2D eigenvalue weighted by Crippen LogP contribution is -2.43. The number of nitrogens with zero attached hydrogens (tertiary/aromatic N) is 1. The fraction of sp³-hybridized carbons (Fsp3) is 0.250. The minimum Gasteiger partial charge on any atom is -0.378 e. The topological polar surface area (TPSA) is 23.5 Å². The van der Waals surface area contributed by atoms with Gasteiger partial charge in [-0.2, -0.15) is 13.2 Å². The Hall–Kier alpha value is -1.53. The number of anilines is 1. The molecule has 0 saturated carbocycles. The first kappa shape index (κ1) is 16.8. The molecule has 0 aromatic heterocycles. The van der Waals surface area contributed by atoms with Crippen LogP contribution in [0.4, 0.5) is 18.9 Å². The Morgan fingerprint density at radius 3 is 2.05 bits per heavy atom. The van der Waals surface area contributed by atoms with E-state index in [1.165, 1.54) is 42.5 Å². The van der Waals surface area contributed by atoms with Gasteiger partial charge >= 0.3 is 6.18 Å². The molecule has 2 rings (SSSR count). The van der Waals surface area contributed by atoms with Gasteiger partial charge in [-0.15, -0.1) is 0 Å². The van der Waals surface area contributed by atoms with Crippen LogP contribution in [0.15, 0.2) is 53.0 Å². The summed E-state index contributed by atoms with van der Waals surface area (Å²) < 4.78 is 41.5. The molecule has 0 spiro atoms. The summed E-state index contributed by atoms with van der Waals surface area (Å²) in [6.45, 7) is 0. The predicted molar refractivity (Wildman–Crippen MR) is 84.0 cm³/mol. The lowest BCUT2D eigenvalue weighted by Gasteiger charge is -2.32. The molecule has 1 atom stereocenters. The summed E-state index contributed by atoms with van der Waals surface area (Å²) in [5, 5.41) is 10.5. The normalized spacial score (nSPS) is 14.5. The SMILES string of the molecule is CN(C)c1cccc(C(O)(c2ccc(Br)cc2)C(F)(F)F)c1. The molecule has 118 valence electrons. The van der Waals surface area contributed by atoms with Crippen LogP contribution in [-0.4, -0.2) is 25.4 Å². The molecule has 1 N–H and O–H groups in total. The fourth-order valence-electron chi connectivity index (χ4n) is 2.19. The van der Waals surface area contributed by atoms with E-state index in [4.69, 9.17) is 0 Å². The monoisotopic (exact) mass is 373 g/mol. The van der Waals surface area contributed by atoms with Gasteiger partial charge in [0.2, 0.25) is 5.60 Å². The first-order chi connectivity index (χ1) is 10.2. The molecule has 0 radical (unpaired) electrons. The third-order valence-corrected chi connectivity index (χ3v) is 3.98. The van der Waals surface area contributed by atoms with E-state index in [0.717, 1.165) is 0 Å². The van der Waals surface area contributed by atoms with Gasteiger partial charge in [-0.05, 0) is 35.4 Å². The lowest BCUT2D eigenvalue weighted by molar-refractivity contribution is -0.248. The molecule has 0 bridgehead atoms.